The average molecular weight is 281 g/mol. The third-order valence-electron chi connectivity index (χ3n) is 2.36. The molecule has 5 heteroatoms. The van der Waals surface area contributed by atoms with E-state index in [9.17, 15) is 9.59 Å². The summed E-state index contributed by atoms with van der Waals surface area (Å²) < 4.78 is 4.72. The summed E-state index contributed by atoms with van der Waals surface area (Å²) in [5.41, 5.74) is 2.41. The zero-order valence-corrected chi connectivity index (χ0v) is 12.1. The Morgan fingerprint density at radius 2 is 1.95 bits per heavy atom. The van der Waals surface area contributed by atoms with Gasteiger partial charge in [-0.3, -0.25) is 9.59 Å². The molecule has 0 aliphatic rings. The highest BCUT2D eigenvalue weighted by atomic mass is 32.2. The fourth-order valence-corrected chi connectivity index (χ4v) is 2.20. The summed E-state index contributed by atoms with van der Waals surface area (Å²) in [7, 11) is 0. The van der Waals surface area contributed by atoms with Crippen LogP contribution in [0, 0.1) is 6.92 Å². The van der Waals surface area contributed by atoms with Gasteiger partial charge in [0.1, 0.15) is 6.54 Å². The lowest BCUT2D eigenvalue weighted by Gasteiger charge is -2.05. The molecule has 1 amide bonds. The lowest BCUT2D eigenvalue weighted by Crippen LogP contribution is -2.31. The van der Waals surface area contributed by atoms with E-state index < -0.39 is 5.97 Å². The van der Waals surface area contributed by atoms with Gasteiger partial charge in [-0.25, -0.2) is 0 Å². The van der Waals surface area contributed by atoms with Crippen molar-refractivity contribution in [2.45, 2.75) is 19.6 Å². The Hall–Kier alpha value is -1.49. The highest BCUT2D eigenvalue weighted by Gasteiger charge is 2.05. The van der Waals surface area contributed by atoms with Crippen molar-refractivity contribution in [3.63, 3.8) is 0 Å². The molecule has 0 radical (unpaired) electrons. The molecule has 1 aromatic carbocycles. The summed E-state index contributed by atoms with van der Waals surface area (Å²) >= 11 is 1.52. The van der Waals surface area contributed by atoms with Crippen LogP contribution in [0.25, 0.3) is 0 Å². The molecule has 0 heterocycles. The summed E-state index contributed by atoms with van der Waals surface area (Å²) in [5, 5.41) is 2.53. The van der Waals surface area contributed by atoms with Crippen molar-refractivity contribution in [2.24, 2.45) is 0 Å². The topological polar surface area (TPSA) is 55.4 Å². The summed E-state index contributed by atoms with van der Waals surface area (Å²) in [4.78, 5) is 22.5. The van der Waals surface area contributed by atoms with E-state index in [4.69, 9.17) is 4.74 Å². The van der Waals surface area contributed by atoms with Crippen LogP contribution in [0.1, 0.15) is 18.1 Å². The van der Waals surface area contributed by atoms with E-state index in [1.165, 1.54) is 22.9 Å². The Morgan fingerprint density at radius 1 is 1.26 bits per heavy atom. The van der Waals surface area contributed by atoms with Gasteiger partial charge < -0.3 is 10.1 Å². The number of ether oxygens (including phenoxy) is 1. The lowest BCUT2D eigenvalue weighted by molar-refractivity contribution is -0.143. The highest BCUT2D eigenvalue weighted by Crippen LogP contribution is 2.12. The number of rotatable bonds is 7. The predicted octanol–water partition coefficient (Wildman–Crippen LogP) is 1.91. The van der Waals surface area contributed by atoms with E-state index in [0.717, 1.165) is 5.75 Å². The van der Waals surface area contributed by atoms with Crippen LogP contribution in [0.15, 0.2) is 24.3 Å². The Kier molecular flexibility index (Phi) is 7.03. The fraction of sp³-hybridized carbons (Fsp3) is 0.429. The number of amides is 1. The van der Waals surface area contributed by atoms with Gasteiger partial charge in [0.25, 0.3) is 0 Å². The number of hydrogen-bond donors (Lipinski definition) is 1. The second kappa shape index (κ2) is 8.58. The molecule has 104 valence electrons. The van der Waals surface area contributed by atoms with Crippen molar-refractivity contribution in [1.82, 2.24) is 5.32 Å². The van der Waals surface area contributed by atoms with Crippen molar-refractivity contribution in [3.05, 3.63) is 35.4 Å². The zero-order valence-electron chi connectivity index (χ0n) is 11.3. The van der Waals surface area contributed by atoms with Gasteiger partial charge in [-0.05, 0) is 19.4 Å². The second-order valence-electron chi connectivity index (χ2n) is 4.06. The molecule has 0 aliphatic heterocycles. The molecular weight excluding hydrogens is 262 g/mol. The minimum atomic E-state index is -0.403. The van der Waals surface area contributed by atoms with E-state index >= 15 is 0 Å². The van der Waals surface area contributed by atoms with Crippen molar-refractivity contribution in [3.8, 4) is 0 Å². The first-order valence-electron chi connectivity index (χ1n) is 6.17. The van der Waals surface area contributed by atoms with Gasteiger partial charge >= 0.3 is 5.97 Å². The van der Waals surface area contributed by atoms with E-state index in [0.29, 0.717) is 12.4 Å². The summed E-state index contributed by atoms with van der Waals surface area (Å²) in [6.07, 6.45) is 0. The molecule has 0 aromatic heterocycles. The molecule has 19 heavy (non-hydrogen) atoms. The third kappa shape index (κ3) is 6.86. The van der Waals surface area contributed by atoms with Crippen LogP contribution in [0.5, 0.6) is 0 Å². The molecule has 1 rings (SSSR count). The van der Waals surface area contributed by atoms with Crippen molar-refractivity contribution < 1.29 is 14.3 Å². The van der Waals surface area contributed by atoms with Gasteiger partial charge in [-0.15, -0.1) is 11.8 Å². The maximum absolute atomic E-state index is 11.5. The van der Waals surface area contributed by atoms with Crippen LogP contribution < -0.4 is 5.32 Å². The average Bonchev–Trinajstić information content (AvgIpc) is 2.39. The molecular formula is C14H19NO3S. The molecule has 0 spiro atoms. The minimum absolute atomic E-state index is 0.0578. The molecule has 4 nitrogen and oxygen atoms in total. The SMILES string of the molecule is CCOC(=O)CNC(=O)CSCc1ccc(C)cc1. The van der Waals surface area contributed by atoms with Crippen LogP contribution in [0.3, 0.4) is 0 Å². The Morgan fingerprint density at radius 3 is 2.58 bits per heavy atom. The largest absolute Gasteiger partial charge is 0.465 e. The molecule has 1 N–H and O–H groups in total. The van der Waals surface area contributed by atoms with Gasteiger partial charge in [0.15, 0.2) is 0 Å². The number of esters is 1. The van der Waals surface area contributed by atoms with Gasteiger partial charge in [0.2, 0.25) is 5.91 Å². The number of nitrogens with one attached hydrogen (secondary N) is 1. The predicted molar refractivity (Wildman–Crippen MR) is 77.0 cm³/mol. The van der Waals surface area contributed by atoms with Crippen molar-refractivity contribution in [2.75, 3.05) is 18.9 Å². The van der Waals surface area contributed by atoms with Crippen LogP contribution in [0.2, 0.25) is 0 Å². The number of carbonyl (C=O) groups excluding carboxylic acids is 2. The molecule has 0 fully saturated rings. The molecule has 0 bridgehead atoms. The number of benzene rings is 1. The standard InChI is InChI=1S/C14H19NO3S/c1-3-18-14(17)8-15-13(16)10-19-9-12-6-4-11(2)5-7-12/h4-7H,3,8-10H2,1-2H3,(H,15,16). The van der Waals surface area contributed by atoms with Crippen molar-refractivity contribution in [1.29, 1.82) is 0 Å². The summed E-state index contributed by atoms with van der Waals surface area (Å²) in [6.45, 7) is 4.05. The Bertz CT molecular complexity index is 417. The first-order valence-corrected chi connectivity index (χ1v) is 7.33. The first-order chi connectivity index (χ1) is 9.11. The normalized spacial score (nSPS) is 10.0. The first kappa shape index (κ1) is 15.6. The van der Waals surface area contributed by atoms with Crippen LogP contribution >= 0.6 is 11.8 Å². The fourth-order valence-electron chi connectivity index (χ4n) is 1.38. The Balaban J connectivity index is 2.16. The van der Waals surface area contributed by atoms with Crippen molar-refractivity contribution >= 4 is 23.6 Å². The zero-order chi connectivity index (χ0) is 14.1. The molecule has 0 unspecified atom stereocenters. The molecule has 0 saturated carbocycles. The van der Waals surface area contributed by atoms with E-state index in [1.807, 2.05) is 6.92 Å². The molecule has 0 atom stereocenters. The highest BCUT2D eigenvalue weighted by molar-refractivity contribution is 7.99. The maximum atomic E-state index is 11.5. The van der Waals surface area contributed by atoms with Gasteiger partial charge in [0, 0.05) is 5.75 Å². The maximum Gasteiger partial charge on any atom is 0.325 e. The second-order valence-corrected chi connectivity index (χ2v) is 5.05. The van der Waals surface area contributed by atoms with E-state index in [2.05, 4.69) is 29.6 Å². The van der Waals surface area contributed by atoms with E-state index in [1.54, 1.807) is 6.92 Å². The van der Waals surface area contributed by atoms with Crippen LogP contribution in [0.4, 0.5) is 0 Å². The summed E-state index contributed by atoms with van der Waals surface area (Å²) in [6, 6.07) is 8.21. The quantitative estimate of drug-likeness (QED) is 0.776. The summed E-state index contributed by atoms with van der Waals surface area (Å²) in [5.74, 6) is 0.574. The third-order valence-corrected chi connectivity index (χ3v) is 3.36. The van der Waals surface area contributed by atoms with Gasteiger partial charge in [0.05, 0.1) is 12.4 Å². The van der Waals surface area contributed by atoms with E-state index in [-0.39, 0.29) is 12.5 Å². The van der Waals surface area contributed by atoms with Crippen LogP contribution in [-0.2, 0) is 20.1 Å². The molecule has 0 aliphatic carbocycles. The lowest BCUT2D eigenvalue weighted by atomic mass is 10.2. The number of thioether (sulfide) groups is 1. The number of carbonyl (C=O) groups is 2. The number of aryl methyl sites for hydroxylation is 1. The van der Waals surface area contributed by atoms with Gasteiger partial charge in [-0.2, -0.15) is 0 Å². The van der Waals surface area contributed by atoms with Crippen LogP contribution in [-0.4, -0.2) is 30.8 Å². The monoisotopic (exact) mass is 281 g/mol. The number of hydrogen-bond acceptors (Lipinski definition) is 4. The molecule has 1 aromatic rings. The molecule has 0 saturated heterocycles. The smallest absolute Gasteiger partial charge is 0.325 e. The van der Waals surface area contributed by atoms with Gasteiger partial charge in [-0.1, -0.05) is 29.8 Å². The minimum Gasteiger partial charge on any atom is -0.465 e. The Labute approximate surface area is 117 Å².